The fourth-order valence-electron chi connectivity index (χ4n) is 3.59. The summed E-state index contributed by atoms with van der Waals surface area (Å²) in [7, 11) is 1.60. The van der Waals surface area contributed by atoms with Gasteiger partial charge in [0.05, 0.1) is 18.2 Å². The summed E-state index contributed by atoms with van der Waals surface area (Å²) in [6, 6.07) is 14.4. The highest BCUT2D eigenvalue weighted by Crippen LogP contribution is 2.27. The van der Waals surface area contributed by atoms with Gasteiger partial charge in [-0.25, -0.2) is 0 Å². The Labute approximate surface area is 178 Å². The molecule has 2 aromatic carbocycles. The van der Waals surface area contributed by atoms with E-state index >= 15 is 0 Å². The largest absolute Gasteiger partial charge is 0.495 e. The molecule has 0 unspecified atom stereocenters. The summed E-state index contributed by atoms with van der Waals surface area (Å²) in [4.78, 5) is 2.48. The molecule has 1 aliphatic rings. The summed E-state index contributed by atoms with van der Waals surface area (Å²) in [6.45, 7) is 6.73. The van der Waals surface area contributed by atoms with Gasteiger partial charge in [0.15, 0.2) is 5.11 Å². The Hall–Kier alpha value is -1.98. The highest BCUT2D eigenvalue weighted by molar-refractivity contribution is 7.80. The number of piperidine rings is 1. The van der Waals surface area contributed by atoms with E-state index in [0.29, 0.717) is 15.9 Å². The van der Waals surface area contributed by atoms with Gasteiger partial charge in [-0.2, -0.15) is 0 Å². The minimum Gasteiger partial charge on any atom is -0.495 e. The molecule has 6 heteroatoms. The summed E-state index contributed by atoms with van der Waals surface area (Å²) >= 11 is 11.6. The molecule has 0 spiro atoms. The van der Waals surface area contributed by atoms with E-state index in [9.17, 15) is 0 Å². The molecule has 0 aromatic heterocycles. The standard InChI is InChI=1S/C22H28ClN3OS/c1-15-5-4-12-26(14-15)19-9-6-17(7-10-19)16(2)24-22(28)25-18-8-11-21(27-3)20(23)13-18/h6-11,13,15-16H,4-5,12,14H2,1-3H3,(H2,24,25,28)/t15-,16+/m1/s1. The van der Waals surface area contributed by atoms with E-state index in [1.54, 1.807) is 13.2 Å². The Bertz CT molecular complexity index is 812. The van der Waals surface area contributed by atoms with Gasteiger partial charge in [0.1, 0.15) is 5.75 Å². The zero-order valence-electron chi connectivity index (χ0n) is 16.7. The van der Waals surface area contributed by atoms with Crippen molar-refractivity contribution in [1.29, 1.82) is 0 Å². The zero-order valence-corrected chi connectivity index (χ0v) is 18.2. The second-order valence-corrected chi connectivity index (χ2v) is 8.27. The van der Waals surface area contributed by atoms with Crippen LogP contribution in [0.15, 0.2) is 42.5 Å². The lowest BCUT2D eigenvalue weighted by Crippen LogP contribution is -2.34. The van der Waals surface area contributed by atoms with Gasteiger partial charge in [0.2, 0.25) is 0 Å². The van der Waals surface area contributed by atoms with E-state index in [1.165, 1.54) is 24.1 Å². The maximum atomic E-state index is 6.17. The lowest BCUT2D eigenvalue weighted by Gasteiger charge is -2.33. The van der Waals surface area contributed by atoms with Crippen molar-refractivity contribution in [1.82, 2.24) is 5.32 Å². The van der Waals surface area contributed by atoms with E-state index < -0.39 is 0 Å². The van der Waals surface area contributed by atoms with Crippen LogP contribution in [0.1, 0.15) is 38.3 Å². The summed E-state index contributed by atoms with van der Waals surface area (Å²) in [5.74, 6) is 1.41. The van der Waals surface area contributed by atoms with E-state index in [0.717, 1.165) is 24.7 Å². The number of benzene rings is 2. The van der Waals surface area contributed by atoms with Crippen LogP contribution in [0.2, 0.25) is 5.02 Å². The number of nitrogens with zero attached hydrogens (tertiary/aromatic N) is 1. The number of methoxy groups -OCH3 is 1. The first-order valence-electron chi connectivity index (χ1n) is 9.72. The van der Waals surface area contributed by atoms with E-state index in [4.69, 9.17) is 28.6 Å². The van der Waals surface area contributed by atoms with Gasteiger partial charge >= 0.3 is 0 Å². The van der Waals surface area contributed by atoms with E-state index in [1.807, 2.05) is 12.1 Å². The van der Waals surface area contributed by atoms with Crippen LogP contribution < -0.4 is 20.3 Å². The monoisotopic (exact) mass is 417 g/mol. The summed E-state index contributed by atoms with van der Waals surface area (Å²) in [5, 5.41) is 7.61. The molecule has 0 amide bonds. The third kappa shape index (κ3) is 5.30. The molecule has 0 aliphatic carbocycles. The molecule has 2 atom stereocenters. The number of thiocarbonyl (C=S) groups is 1. The molecule has 2 aromatic rings. The number of anilines is 2. The quantitative estimate of drug-likeness (QED) is 0.616. The van der Waals surface area contributed by atoms with Crippen LogP contribution in [0.4, 0.5) is 11.4 Å². The number of hydrogen-bond acceptors (Lipinski definition) is 3. The Morgan fingerprint density at radius 3 is 2.64 bits per heavy atom. The highest BCUT2D eigenvalue weighted by atomic mass is 35.5. The highest BCUT2D eigenvalue weighted by Gasteiger charge is 2.17. The van der Waals surface area contributed by atoms with Crippen LogP contribution in [0.25, 0.3) is 0 Å². The van der Waals surface area contributed by atoms with Gasteiger partial charge in [-0.1, -0.05) is 30.7 Å². The smallest absolute Gasteiger partial charge is 0.171 e. The zero-order chi connectivity index (χ0) is 20.1. The number of ether oxygens (including phenoxy) is 1. The van der Waals surface area contributed by atoms with Gasteiger partial charge in [0, 0.05) is 24.5 Å². The first-order valence-corrected chi connectivity index (χ1v) is 10.5. The minimum absolute atomic E-state index is 0.100. The molecule has 0 radical (unpaired) electrons. The first kappa shape index (κ1) is 20.7. The molecule has 1 heterocycles. The lowest BCUT2D eigenvalue weighted by molar-refractivity contribution is 0.415. The van der Waals surface area contributed by atoms with Crippen molar-refractivity contribution in [3.8, 4) is 5.75 Å². The van der Waals surface area contributed by atoms with Crippen LogP contribution in [0, 0.1) is 5.92 Å². The SMILES string of the molecule is COc1ccc(NC(=S)N[C@@H](C)c2ccc(N3CCC[C@@H](C)C3)cc2)cc1Cl. The molecular formula is C22H28ClN3OS. The Morgan fingerprint density at radius 1 is 1.25 bits per heavy atom. The topological polar surface area (TPSA) is 36.5 Å². The molecular weight excluding hydrogens is 390 g/mol. The molecule has 3 rings (SSSR count). The summed E-state index contributed by atoms with van der Waals surface area (Å²) in [6.07, 6.45) is 2.61. The van der Waals surface area contributed by atoms with Crippen molar-refractivity contribution in [2.24, 2.45) is 5.92 Å². The summed E-state index contributed by atoms with van der Waals surface area (Å²) in [5.41, 5.74) is 3.33. The predicted molar refractivity (Wildman–Crippen MR) is 123 cm³/mol. The molecule has 0 bridgehead atoms. The fourth-order valence-corrected chi connectivity index (χ4v) is 4.14. The van der Waals surface area contributed by atoms with Crippen LogP contribution in [-0.2, 0) is 0 Å². The number of rotatable bonds is 5. The van der Waals surface area contributed by atoms with Crippen LogP contribution in [0.5, 0.6) is 5.75 Å². The molecule has 1 saturated heterocycles. The molecule has 4 nitrogen and oxygen atoms in total. The van der Waals surface area contributed by atoms with Crippen LogP contribution >= 0.6 is 23.8 Å². The van der Waals surface area contributed by atoms with Gasteiger partial charge in [-0.3, -0.25) is 0 Å². The fraction of sp³-hybridized carbons (Fsp3) is 0.409. The molecule has 1 fully saturated rings. The van der Waals surface area contributed by atoms with Gasteiger partial charge in [-0.05, 0) is 73.8 Å². The van der Waals surface area contributed by atoms with Crippen molar-refractivity contribution < 1.29 is 4.74 Å². The number of halogens is 1. The third-order valence-electron chi connectivity index (χ3n) is 5.17. The predicted octanol–water partition coefficient (Wildman–Crippen LogP) is 5.63. The average molecular weight is 418 g/mol. The molecule has 0 saturated carbocycles. The number of hydrogen-bond donors (Lipinski definition) is 2. The van der Waals surface area contributed by atoms with Crippen molar-refractivity contribution in [2.75, 3.05) is 30.4 Å². The maximum Gasteiger partial charge on any atom is 0.171 e. The van der Waals surface area contributed by atoms with Crippen molar-refractivity contribution >= 4 is 40.3 Å². The van der Waals surface area contributed by atoms with Crippen molar-refractivity contribution in [3.63, 3.8) is 0 Å². The first-order chi connectivity index (χ1) is 13.5. The second kappa shape index (κ2) is 9.48. The minimum atomic E-state index is 0.100. The normalized spacial score (nSPS) is 17.7. The third-order valence-corrected chi connectivity index (χ3v) is 5.69. The van der Waals surface area contributed by atoms with Gasteiger partial charge in [0.25, 0.3) is 0 Å². The molecule has 150 valence electrons. The Kier molecular flexibility index (Phi) is 7.03. The molecule has 2 N–H and O–H groups in total. The molecule has 28 heavy (non-hydrogen) atoms. The second-order valence-electron chi connectivity index (χ2n) is 7.45. The van der Waals surface area contributed by atoms with E-state index in [2.05, 4.69) is 53.6 Å². The van der Waals surface area contributed by atoms with Gasteiger partial charge < -0.3 is 20.3 Å². The lowest BCUT2D eigenvalue weighted by atomic mass is 9.99. The van der Waals surface area contributed by atoms with Gasteiger partial charge in [-0.15, -0.1) is 0 Å². The van der Waals surface area contributed by atoms with Crippen LogP contribution in [-0.4, -0.2) is 25.3 Å². The Balaban J connectivity index is 1.57. The van der Waals surface area contributed by atoms with E-state index in [-0.39, 0.29) is 6.04 Å². The number of nitrogens with one attached hydrogen (secondary N) is 2. The van der Waals surface area contributed by atoms with Crippen molar-refractivity contribution in [2.45, 2.75) is 32.7 Å². The summed E-state index contributed by atoms with van der Waals surface area (Å²) < 4.78 is 5.17. The molecule has 1 aliphatic heterocycles. The Morgan fingerprint density at radius 2 is 2.00 bits per heavy atom. The average Bonchev–Trinajstić information content (AvgIpc) is 2.68. The van der Waals surface area contributed by atoms with Crippen molar-refractivity contribution in [3.05, 3.63) is 53.1 Å². The van der Waals surface area contributed by atoms with Crippen LogP contribution in [0.3, 0.4) is 0 Å². The maximum absolute atomic E-state index is 6.17.